The van der Waals surface area contributed by atoms with E-state index in [-0.39, 0.29) is 17.8 Å². The number of rotatable bonds is 4. The van der Waals surface area contributed by atoms with Crippen LogP contribution in [0.15, 0.2) is 18.2 Å². The first-order valence-corrected chi connectivity index (χ1v) is 8.74. The van der Waals surface area contributed by atoms with E-state index in [1.54, 1.807) is 0 Å². The van der Waals surface area contributed by atoms with Crippen molar-refractivity contribution < 1.29 is 27.1 Å². The van der Waals surface area contributed by atoms with Gasteiger partial charge in [-0.1, -0.05) is 0 Å². The van der Waals surface area contributed by atoms with Crippen molar-refractivity contribution in [2.45, 2.75) is 18.9 Å². The molecule has 1 saturated heterocycles. The number of nitrogens with one attached hydrogen (secondary N) is 1. The van der Waals surface area contributed by atoms with Crippen LogP contribution in [0.4, 0.5) is 10.1 Å². The van der Waals surface area contributed by atoms with Crippen molar-refractivity contribution in [3.05, 3.63) is 29.6 Å². The van der Waals surface area contributed by atoms with E-state index >= 15 is 0 Å². The van der Waals surface area contributed by atoms with E-state index < -0.39 is 33.8 Å². The van der Waals surface area contributed by atoms with Crippen LogP contribution in [0.1, 0.15) is 23.2 Å². The molecule has 1 aliphatic rings. The summed E-state index contributed by atoms with van der Waals surface area (Å²) in [5.74, 6) is -2.15. The van der Waals surface area contributed by atoms with E-state index in [4.69, 9.17) is 0 Å². The fraction of sp³-hybridized carbons (Fsp3) is 0.429. The normalized spacial score (nSPS) is 18.7. The molecule has 2 rings (SSSR count). The van der Waals surface area contributed by atoms with E-state index in [9.17, 15) is 22.4 Å². The predicted octanol–water partition coefficient (Wildman–Crippen LogP) is 0.975. The SMILES string of the molecule is COC(=O)c1cc(NC(=O)[C@@H]2CCCN2S(C)(=O)=O)ccc1F. The lowest BCUT2D eigenvalue weighted by molar-refractivity contribution is -0.119. The highest BCUT2D eigenvalue weighted by atomic mass is 32.2. The van der Waals surface area contributed by atoms with Crippen molar-refractivity contribution >= 4 is 27.6 Å². The van der Waals surface area contributed by atoms with Crippen LogP contribution in [0.5, 0.6) is 0 Å². The maximum absolute atomic E-state index is 13.6. The Balaban J connectivity index is 2.19. The lowest BCUT2D eigenvalue weighted by Gasteiger charge is -2.21. The first kappa shape index (κ1) is 17.4. The van der Waals surface area contributed by atoms with Gasteiger partial charge in [0.15, 0.2) is 0 Å². The molecule has 1 fully saturated rings. The monoisotopic (exact) mass is 344 g/mol. The summed E-state index contributed by atoms with van der Waals surface area (Å²) in [5, 5.41) is 2.51. The lowest BCUT2D eigenvalue weighted by atomic mass is 10.1. The van der Waals surface area contributed by atoms with Gasteiger partial charge in [-0.15, -0.1) is 0 Å². The summed E-state index contributed by atoms with van der Waals surface area (Å²) in [7, 11) is -2.36. The zero-order valence-corrected chi connectivity index (χ0v) is 13.5. The zero-order chi connectivity index (χ0) is 17.2. The van der Waals surface area contributed by atoms with Crippen LogP contribution in [0.25, 0.3) is 0 Å². The average molecular weight is 344 g/mol. The third-order valence-electron chi connectivity index (χ3n) is 3.57. The lowest BCUT2D eigenvalue weighted by Crippen LogP contribution is -2.42. The number of carbonyl (C=O) groups excluding carboxylic acids is 2. The van der Waals surface area contributed by atoms with E-state index in [2.05, 4.69) is 10.1 Å². The Kier molecular flexibility index (Phi) is 5.00. The molecule has 9 heteroatoms. The van der Waals surface area contributed by atoms with Gasteiger partial charge in [0.05, 0.1) is 18.9 Å². The Labute approximate surface area is 133 Å². The van der Waals surface area contributed by atoms with Crippen molar-refractivity contribution in [3.8, 4) is 0 Å². The number of esters is 1. The summed E-state index contributed by atoms with van der Waals surface area (Å²) < 4.78 is 42.5. The molecular weight excluding hydrogens is 327 g/mol. The second-order valence-corrected chi connectivity index (χ2v) is 7.14. The third kappa shape index (κ3) is 3.85. The van der Waals surface area contributed by atoms with Gasteiger partial charge in [0.25, 0.3) is 0 Å². The Morgan fingerprint density at radius 2 is 2.09 bits per heavy atom. The molecule has 1 aliphatic heterocycles. The number of ether oxygens (including phenoxy) is 1. The van der Waals surface area contributed by atoms with Gasteiger partial charge in [-0.3, -0.25) is 4.79 Å². The maximum Gasteiger partial charge on any atom is 0.340 e. The molecule has 0 unspecified atom stereocenters. The molecule has 7 nitrogen and oxygen atoms in total. The number of hydrogen-bond donors (Lipinski definition) is 1. The number of halogens is 1. The highest BCUT2D eigenvalue weighted by Gasteiger charge is 2.36. The Bertz CT molecular complexity index is 735. The minimum Gasteiger partial charge on any atom is -0.465 e. The average Bonchev–Trinajstić information content (AvgIpc) is 2.98. The van der Waals surface area contributed by atoms with Gasteiger partial charge in [-0.05, 0) is 31.0 Å². The number of sulfonamides is 1. The zero-order valence-electron chi connectivity index (χ0n) is 12.7. The molecule has 1 atom stereocenters. The van der Waals surface area contributed by atoms with Gasteiger partial charge in [-0.25, -0.2) is 17.6 Å². The van der Waals surface area contributed by atoms with Crippen LogP contribution >= 0.6 is 0 Å². The molecule has 23 heavy (non-hydrogen) atoms. The summed E-state index contributed by atoms with van der Waals surface area (Å²) in [4.78, 5) is 23.7. The second-order valence-electron chi connectivity index (χ2n) is 5.21. The van der Waals surface area contributed by atoms with Gasteiger partial charge in [0.2, 0.25) is 15.9 Å². The topological polar surface area (TPSA) is 92.8 Å². The summed E-state index contributed by atoms with van der Waals surface area (Å²) in [5.41, 5.74) is -0.117. The molecule has 0 aromatic heterocycles. The minimum atomic E-state index is -3.48. The smallest absolute Gasteiger partial charge is 0.340 e. The number of benzene rings is 1. The fourth-order valence-electron chi connectivity index (χ4n) is 2.49. The van der Waals surface area contributed by atoms with Crippen molar-refractivity contribution in [3.63, 3.8) is 0 Å². The number of amides is 1. The Morgan fingerprint density at radius 1 is 1.39 bits per heavy atom. The molecule has 1 N–H and O–H groups in total. The molecule has 1 aromatic carbocycles. The maximum atomic E-state index is 13.6. The van der Waals surface area contributed by atoms with E-state index in [1.165, 1.54) is 6.07 Å². The fourth-order valence-corrected chi connectivity index (χ4v) is 3.62. The van der Waals surface area contributed by atoms with Gasteiger partial charge in [0, 0.05) is 12.2 Å². The van der Waals surface area contributed by atoms with E-state index in [1.807, 2.05) is 0 Å². The summed E-state index contributed by atoms with van der Waals surface area (Å²) >= 11 is 0. The van der Waals surface area contributed by atoms with E-state index in [0.717, 1.165) is 29.8 Å². The molecule has 0 radical (unpaired) electrons. The van der Waals surface area contributed by atoms with Crippen LogP contribution < -0.4 is 5.32 Å². The van der Waals surface area contributed by atoms with Gasteiger partial charge in [0.1, 0.15) is 11.9 Å². The van der Waals surface area contributed by atoms with Crippen molar-refractivity contribution in [2.24, 2.45) is 0 Å². The van der Waals surface area contributed by atoms with Crippen LogP contribution in [0, 0.1) is 5.82 Å². The van der Waals surface area contributed by atoms with Crippen LogP contribution in [-0.2, 0) is 19.6 Å². The Morgan fingerprint density at radius 3 is 2.70 bits per heavy atom. The van der Waals surface area contributed by atoms with Crippen LogP contribution in [0.2, 0.25) is 0 Å². The quantitative estimate of drug-likeness (QED) is 0.822. The minimum absolute atomic E-state index is 0.192. The molecular formula is C14H17FN2O5S. The molecule has 0 saturated carbocycles. The summed E-state index contributed by atoms with van der Waals surface area (Å²) in [6, 6.07) is 2.67. The van der Waals surface area contributed by atoms with Crippen molar-refractivity contribution in [1.82, 2.24) is 4.31 Å². The summed E-state index contributed by atoms with van der Waals surface area (Å²) in [6.07, 6.45) is 2.04. The standard InChI is InChI=1S/C14H17FN2O5S/c1-22-14(19)10-8-9(5-6-11(10)15)16-13(18)12-4-3-7-17(12)23(2,20)21/h5-6,8,12H,3-4,7H2,1-2H3,(H,16,18)/t12-/m0/s1. The number of nitrogens with zero attached hydrogens (tertiary/aromatic N) is 1. The predicted molar refractivity (Wildman–Crippen MR) is 80.9 cm³/mol. The second kappa shape index (κ2) is 6.63. The van der Waals surface area contributed by atoms with Gasteiger partial charge >= 0.3 is 5.97 Å². The third-order valence-corrected chi connectivity index (χ3v) is 4.86. The number of carbonyl (C=O) groups is 2. The van der Waals surface area contributed by atoms with Crippen molar-refractivity contribution in [1.29, 1.82) is 0 Å². The molecule has 1 heterocycles. The number of methoxy groups -OCH3 is 1. The molecule has 0 bridgehead atoms. The molecule has 0 spiro atoms. The van der Waals surface area contributed by atoms with Gasteiger partial charge in [-0.2, -0.15) is 4.31 Å². The number of anilines is 1. The van der Waals surface area contributed by atoms with Gasteiger partial charge < -0.3 is 10.1 Å². The van der Waals surface area contributed by atoms with Crippen molar-refractivity contribution in [2.75, 3.05) is 25.2 Å². The molecule has 126 valence electrons. The highest BCUT2D eigenvalue weighted by molar-refractivity contribution is 7.88. The molecule has 1 amide bonds. The highest BCUT2D eigenvalue weighted by Crippen LogP contribution is 2.22. The van der Waals surface area contributed by atoms with Crippen LogP contribution in [-0.4, -0.2) is 50.6 Å². The number of hydrogen-bond acceptors (Lipinski definition) is 5. The first-order chi connectivity index (χ1) is 10.7. The summed E-state index contributed by atoms with van der Waals surface area (Å²) in [6.45, 7) is 0.285. The molecule has 0 aliphatic carbocycles. The first-order valence-electron chi connectivity index (χ1n) is 6.89. The Hall–Kier alpha value is -2.00. The van der Waals surface area contributed by atoms with E-state index in [0.29, 0.717) is 12.8 Å². The largest absolute Gasteiger partial charge is 0.465 e. The van der Waals surface area contributed by atoms with Crippen LogP contribution in [0.3, 0.4) is 0 Å². The molecule has 1 aromatic rings.